The summed E-state index contributed by atoms with van der Waals surface area (Å²) >= 11 is 6.50. The van der Waals surface area contributed by atoms with E-state index in [1.807, 2.05) is 36.7 Å². The molecule has 6 atom stereocenters. The van der Waals surface area contributed by atoms with E-state index >= 15 is 0 Å². The number of halogens is 1. The molecule has 0 aliphatic heterocycles. The normalized spacial score (nSPS) is 28.8. The fraction of sp³-hybridized carbons (Fsp3) is 0.500. The van der Waals surface area contributed by atoms with Gasteiger partial charge in [0, 0.05) is 18.0 Å². The van der Waals surface area contributed by atoms with Crippen LogP contribution in [0.5, 0.6) is 0 Å². The third-order valence-corrected chi connectivity index (χ3v) is 7.38. The van der Waals surface area contributed by atoms with Crippen LogP contribution < -0.4 is 5.32 Å². The zero-order valence-corrected chi connectivity index (χ0v) is 17.4. The number of anilines is 1. The Bertz CT molecular complexity index is 1010. The highest BCUT2D eigenvalue weighted by Gasteiger charge is 2.53. The lowest BCUT2D eigenvalue weighted by molar-refractivity contribution is 0.185. The summed E-state index contributed by atoms with van der Waals surface area (Å²) < 4.78 is 2.13. The van der Waals surface area contributed by atoms with Crippen LogP contribution in [0, 0.1) is 17.8 Å². The number of benzene rings is 1. The van der Waals surface area contributed by atoms with Crippen molar-refractivity contribution in [3.8, 4) is 0 Å². The summed E-state index contributed by atoms with van der Waals surface area (Å²) in [5, 5.41) is 23.2. The van der Waals surface area contributed by atoms with Crippen LogP contribution in [-0.2, 0) is 6.42 Å². The number of aliphatic hydroxyl groups is 2. The highest BCUT2D eigenvalue weighted by atomic mass is 35.5. The molecule has 7 nitrogen and oxygen atoms in total. The molecule has 2 aliphatic carbocycles. The molecule has 2 fully saturated rings. The molecule has 0 saturated heterocycles. The molecule has 0 radical (unpaired) electrons. The molecule has 0 spiro atoms. The first-order valence-electron chi connectivity index (χ1n) is 10.5. The molecule has 0 unspecified atom stereocenters. The van der Waals surface area contributed by atoms with Gasteiger partial charge in [0.15, 0.2) is 11.5 Å². The highest BCUT2D eigenvalue weighted by molar-refractivity contribution is 6.21. The van der Waals surface area contributed by atoms with Crippen molar-refractivity contribution in [3.05, 3.63) is 48.5 Å². The fourth-order valence-electron chi connectivity index (χ4n) is 5.46. The summed E-state index contributed by atoms with van der Waals surface area (Å²) in [5.74, 6) is 1.56. The number of hydrogen-bond acceptors (Lipinski definition) is 6. The number of imidazole rings is 1. The van der Waals surface area contributed by atoms with Crippen molar-refractivity contribution in [3.63, 3.8) is 0 Å². The number of nitrogens with zero attached hydrogens (tertiary/aromatic N) is 4. The Morgan fingerprint density at radius 3 is 2.67 bits per heavy atom. The average Bonchev–Trinajstić information content (AvgIpc) is 3.44. The van der Waals surface area contributed by atoms with Gasteiger partial charge >= 0.3 is 0 Å². The van der Waals surface area contributed by atoms with Crippen molar-refractivity contribution >= 4 is 28.6 Å². The highest BCUT2D eigenvalue weighted by Crippen LogP contribution is 2.56. The standard InChI is InChI=1S/C22H26ClN5O2/c23-18-7-16-17(10-30)15(18)8-19(16)28-12-26-20-21(24-11-25-22(20)28)27-14(9-29)6-13-4-2-1-3-5-13/h1-5,11-12,14-19,29-30H,6-10H2,(H,24,25,27)/t14-,15+,16+,17+,18+,19+/m1/s1. The van der Waals surface area contributed by atoms with Gasteiger partial charge < -0.3 is 20.1 Å². The van der Waals surface area contributed by atoms with Gasteiger partial charge in [-0.05, 0) is 42.6 Å². The van der Waals surface area contributed by atoms with Crippen molar-refractivity contribution in [2.24, 2.45) is 17.8 Å². The second-order valence-electron chi connectivity index (χ2n) is 8.49. The molecule has 2 saturated carbocycles. The molecule has 158 valence electrons. The Hall–Kier alpha value is -2.22. The molecule has 5 rings (SSSR count). The molecule has 2 heterocycles. The first-order valence-corrected chi connectivity index (χ1v) is 11.0. The zero-order chi connectivity index (χ0) is 20.7. The topological polar surface area (TPSA) is 96.1 Å². The monoisotopic (exact) mass is 427 g/mol. The Morgan fingerprint density at radius 2 is 1.93 bits per heavy atom. The lowest BCUT2D eigenvalue weighted by Gasteiger charge is -2.26. The Labute approximate surface area is 180 Å². The van der Waals surface area contributed by atoms with E-state index in [1.54, 1.807) is 6.33 Å². The molecule has 8 heteroatoms. The minimum Gasteiger partial charge on any atom is -0.396 e. The van der Waals surface area contributed by atoms with Crippen molar-refractivity contribution in [1.29, 1.82) is 0 Å². The van der Waals surface area contributed by atoms with Crippen LogP contribution in [0.4, 0.5) is 5.82 Å². The fourth-order valence-corrected chi connectivity index (χ4v) is 5.95. The second kappa shape index (κ2) is 8.13. The van der Waals surface area contributed by atoms with E-state index < -0.39 is 0 Å². The number of rotatable bonds is 7. The molecule has 0 amide bonds. The van der Waals surface area contributed by atoms with Crippen LogP contribution in [-0.4, -0.2) is 54.4 Å². The van der Waals surface area contributed by atoms with Gasteiger partial charge in [0.05, 0.1) is 19.0 Å². The van der Waals surface area contributed by atoms with Crippen molar-refractivity contribution < 1.29 is 10.2 Å². The van der Waals surface area contributed by atoms with Gasteiger partial charge in [-0.1, -0.05) is 30.3 Å². The lowest BCUT2D eigenvalue weighted by Crippen LogP contribution is -2.27. The lowest BCUT2D eigenvalue weighted by atomic mass is 9.94. The van der Waals surface area contributed by atoms with Gasteiger partial charge in [0.25, 0.3) is 0 Å². The van der Waals surface area contributed by atoms with Crippen molar-refractivity contribution in [2.75, 3.05) is 18.5 Å². The first-order chi connectivity index (χ1) is 14.7. The summed E-state index contributed by atoms with van der Waals surface area (Å²) in [5.41, 5.74) is 2.63. The van der Waals surface area contributed by atoms with Gasteiger partial charge in [0.2, 0.25) is 0 Å². The van der Waals surface area contributed by atoms with E-state index in [0.29, 0.717) is 29.6 Å². The maximum absolute atomic E-state index is 9.88. The van der Waals surface area contributed by atoms with Crippen LogP contribution in [0.3, 0.4) is 0 Å². The molecule has 3 aromatic rings. The maximum atomic E-state index is 9.88. The van der Waals surface area contributed by atoms with Gasteiger partial charge in [-0.2, -0.15) is 0 Å². The molecular formula is C22H26ClN5O2. The Morgan fingerprint density at radius 1 is 1.10 bits per heavy atom. The van der Waals surface area contributed by atoms with Crippen molar-refractivity contribution in [2.45, 2.75) is 36.7 Å². The quantitative estimate of drug-likeness (QED) is 0.501. The third-order valence-electron chi connectivity index (χ3n) is 6.88. The Kier molecular flexibility index (Phi) is 5.35. The smallest absolute Gasteiger partial charge is 0.165 e. The summed E-state index contributed by atoms with van der Waals surface area (Å²) in [6.45, 7) is 0.171. The number of aliphatic hydroxyl groups excluding tert-OH is 2. The molecule has 2 aliphatic rings. The van der Waals surface area contributed by atoms with Crippen molar-refractivity contribution in [1.82, 2.24) is 19.5 Å². The van der Waals surface area contributed by atoms with Gasteiger partial charge in [0.1, 0.15) is 11.8 Å². The average molecular weight is 428 g/mol. The Balaban J connectivity index is 1.40. The third kappa shape index (κ3) is 3.35. The molecule has 2 bridgehead atoms. The van der Waals surface area contributed by atoms with E-state index in [9.17, 15) is 10.2 Å². The van der Waals surface area contributed by atoms with Crippen LogP contribution in [0.25, 0.3) is 11.2 Å². The summed E-state index contributed by atoms with van der Waals surface area (Å²) in [6.07, 6.45) is 5.92. The van der Waals surface area contributed by atoms with E-state index in [0.717, 1.165) is 24.1 Å². The maximum Gasteiger partial charge on any atom is 0.165 e. The minimum absolute atomic E-state index is 0.0111. The van der Waals surface area contributed by atoms with Gasteiger partial charge in [-0.3, -0.25) is 0 Å². The molecule has 2 aromatic heterocycles. The molecular weight excluding hydrogens is 402 g/mol. The van der Waals surface area contributed by atoms with E-state index in [2.05, 4.69) is 24.8 Å². The van der Waals surface area contributed by atoms with Crippen LogP contribution in [0.1, 0.15) is 24.4 Å². The SMILES string of the molecule is OC[C@@H](Cc1ccccc1)Nc1ncnc2c1ncn2[C@H]1C[C@H]2[C@H](CO)[C@@H]1C[C@@H]2Cl. The predicted octanol–water partition coefficient (Wildman–Crippen LogP) is 2.64. The van der Waals surface area contributed by atoms with E-state index in [1.165, 1.54) is 0 Å². The number of alkyl halides is 1. The first kappa shape index (κ1) is 19.7. The number of fused-ring (bicyclic) bond motifs is 3. The van der Waals surface area contributed by atoms with Crippen LogP contribution in [0.2, 0.25) is 0 Å². The second-order valence-corrected chi connectivity index (χ2v) is 9.05. The van der Waals surface area contributed by atoms with E-state index in [-0.39, 0.29) is 36.6 Å². The van der Waals surface area contributed by atoms with Crippen LogP contribution in [0.15, 0.2) is 43.0 Å². The summed E-state index contributed by atoms with van der Waals surface area (Å²) in [7, 11) is 0. The zero-order valence-electron chi connectivity index (χ0n) is 16.6. The van der Waals surface area contributed by atoms with Gasteiger partial charge in [-0.25, -0.2) is 15.0 Å². The number of aromatic nitrogens is 4. The minimum atomic E-state index is -0.172. The number of nitrogens with one attached hydrogen (secondary N) is 1. The molecule has 1 aromatic carbocycles. The van der Waals surface area contributed by atoms with Gasteiger partial charge in [-0.15, -0.1) is 11.6 Å². The summed E-state index contributed by atoms with van der Waals surface area (Å²) in [4.78, 5) is 13.5. The molecule has 30 heavy (non-hydrogen) atoms. The number of hydrogen-bond donors (Lipinski definition) is 3. The summed E-state index contributed by atoms with van der Waals surface area (Å²) in [6, 6.07) is 10.1. The predicted molar refractivity (Wildman–Crippen MR) is 115 cm³/mol. The molecule has 3 N–H and O–H groups in total. The largest absolute Gasteiger partial charge is 0.396 e. The van der Waals surface area contributed by atoms with Crippen LogP contribution >= 0.6 is 11.6 Å². The van der Waals surface area contributed by atoms with E-state index in [4.69, 9.17) is 11.6 Å².